The van der Waals surface area contributed by atoms with Crippen molar-refractivity contribution in [2.75, 3.05) is 5.32 Å². The zero-order chi connectivity index (χ0) is 21.3. The molecule has 0 aliphatic carbocycles. The van der Waals surface area contributed by atoms with E-state index in [9.17, 15) is 4.79 Å². The van der Waals surface area contributed by atoms with E-state index in [1.54, 1.807) is 24.5 Å². The van der Waals surface area contributed by atoms with Crippen LogP contribution < -0.4 is 10.1 Å². The summed E-state index contributed by atoms with van der Waals surface area (Å²) in [4.78, 5) is 22.8. The fraction of sp³-hybridized carbons (Fsp3) is 0.208. The summed E-state index contributed by atoms with van der Waals surface area (Å²) in [6, 6.07) is 15.5. The lowest BCUT2D eigenvalue weighted by atomic mass is 10.1. The lowest BCUT2D eigenvalue weighted by molar-refractivity contribution is -0.122. The maximum Gasteiger partial charge on any atom is 0.265 e. The number of aromatic nitrogens is 2. The van der Waals surface area contributed by atoms with Gasteiger partial charge in [-0.15, -0.1) is 0 Å². The van der Waals surface area contributed by atoms with Crippen LogP contribution in [0.4, 0.5) is 5.69 Å². The smallest absolute Gasteiger partial charge is 0.265 e. The Hall–Kier alpha value is -3.25. The molecule has 0 bridgehead atoms. The molecule has 30 heavy (non-hydrogen) atoms. The van der Waals surface area contributed by atoms with Crippen LogP contribution in [0.2, 0.25) is 0 Å². The molecule has 0 aliphatic rings. The molecule has 0 spiro atoms. The van der Waals surface area contributed by atoms with Crippen LogP contribution in [0, 0.1) is 20.8 Å². The zero-order valence-corrected chi connectivity index (χ0v) is 18.2. The monoisotopic (exact) mass is 417 g/mol. The lowest BCUT2D eigenvalue weighted by Gasteiger charge is -2.18. The Balaban J connectivity index is 1.55. The van der Waals surface area contributed by atoms with E-state index in [-0.39, 0.29) is 5.91 Å². The number of carbonyl (C=O) groups is 1. The fourth-order valence-electron chi connectivity index (χ4n) is 3.22. The van der Waals surface area contributed by atoms with E-state index in [1.165, 1.54) is 0 Å². The molecule has 1 N–H and O–H groups in total. The lowest BCUT2D eigenvalue weighted by Crippen LogP contribution is -2.30. The van der Waals surface area contributed by atoms with Crippen LogP contribution in [0.3, 0.4) is 0 Å². The Bertz CT molecular complexity index is 1200. The van der Waals surface area contributed by atoms with Crippen molar-refractivity contribution in [3.05, 3.63) is 71.4 Å². The molecule has 2 heterocycles. The van der Waals surface area contributed by atoms with Crippen molar-refractivity contribution in [3.63, 3.8) is 0 Å². The van der Waals surface area contributed by atoms with Gasteiger partial charge in [0.1, 0.15) is 21.1 Å². The minimum Gasteiger partial charge on any atom is -0.481 e. The third-order valence-electron chi connectivity index (χ3n) is 5.22. The van der Waals surface area contributed by atoms with Crippen molar-refractivity contribution < 1.29 is 9.53 Å². The number of pyridine rings is 1. The number of carbonyl (C=O) groups excluding carboxylic acids is 1. The average molecular weight is 418 g/mol. The second-order valence-electron chi connectivity index (χ2n) is 7.27. The summed E-state index contributed by atoms with van der Waals surface area (Å²) in [5, 5.41) is 3.89. The second-order valence-corrected chi connectivity index (χ2v) is 8.25. The van der Waals surface area contributed by atoms with E-state index in [1.807, 2.05) is 69.3 Å². The normalized spacial score (nSPS) is 12.0. The molecular formula is C24H23N3O2S. The van der Waals surface area contributed by atoms with Gasteiger partial charge in [0.25, 0.3) is 5.91 Å². The minimum atomic E-state index is -0.625. The molecule has 0 saturated carbocycles. The summed E-state index contributed by atoms with van der Waals surface area (Å²) >= 11 is 1.54. The van der Waals surface area contributed by atoms with E-state index in [2.05, 4.69) is 10.3 Å². The van der Waals surface area contributed by atoms with Gasteiger partial charge in [-0.05, 0) is 68.7 Å². The number of amides is 1. The predicted octanol–water partition coefficient (Wildman–Crippen LogP) is 5.69. The first-order chi connectivity index (χ1) is 14.4. The van der Waals surface area contributed by atoms with Crippen molar-refractivity contribution >= 4 is 33.3 Å². The van der Waals surface area contributed by atoms with Gasteiger partial charge in [-0.2, -0.15) is 0 Å². The highest BCUT2D eigenvalue weighted by Gasteiger charge is 2.18. The number of rotatable bonds is 5. The Morgan fingerprint density at radius 3 is 2.63 bits per heavy atom. The standard InChI is InChI=1S/C24H23N3O2S/c1-14-8-5-12-21(15(14)2)29-17(4)22(28)26-19-10-6-9-18(16(19)3)23-27-20-11-7-13-25-24(20)30-23/h5-13,17H,1-4H3,(H,26,28). The minimum absolute atomic E-state index is 0.192. The van der Waals surface area contributed by atoms with Crippen LogP contribution in [0.15, 0.2) is 54.7 Å². The number of ether oxygens (including phenoxy) is 1. The number of hydrogen-bond donors (Lipinski definition) is 1. The predicted molar refractivity (Wildman–Crippen MR) is 122 cm³/mol. The molecular weight excluding hydrogens is 394 g/mol. The van der Waals surface area contributed by atoms with E-state index in [4.69, 9.17) is 9.72 Å². The molecule has 2 aromatic heterocycles. The van der Waals surface area contributed by atoms with Gasteiger partial charge < -0.3 is 10.1 Å². The van der Waals surface area contributed by atoms with Crippen LogP contribution in [0.25, 0.3) is 20.9 Å². The van der Waals surface area contributed by atoms with Gasteiger partial charge >= 0.3 is 0 Å². The molecule has 4 rings (SSSR count). The highest BCUT2D eigenvalue weighted by atomic mass is 32.1. The molecule has 2 aromatic carbocycles. The first kappa shape index (κ1) is 20.0. The molecule has 4 aromatic rings. The van der Waals surface area contributed by atoms with Gasteiger partial charge in [-0.25, -0.2) is 9.97 Å². The van der Waals surface area contributed by atoms with Gasteiger partial charge in [0.05, 0.1) is 0 Å². The van der Waals surface area contributed by atoms with Gasteiger partial charge in [-0.3, -0.25) is 4.79 Å². The van der Waals surface area contributed by atoms with Crippen LogP contribution in [0.1, 0.15) is 23.6 Å². The Kier molecular flexibility index (Phi) is 5.50. The van der Waals surface area contributed by atoms with E-state index in [0.29, 0.717) is 0 Å². The quantitative estimate of drug-likeness (QED) is 0.453. The topological polar surface area (TPSA) is 64.1 Å². The summed E-state index contributed by atoms with van der Waals surface area (Å²) in [5.74, 6) is 0.534. The first-order valence-corrected chi connectivity index (χ1v) is 10.6. The van der Waals surface area contributed by atoms with E-state index in [0.717, 1.165) is 49.0 Å². The summed E-state index contributed by atoms with van der Waals surface area (Å²) in [6.07, 6.45) is 1.14. The zero-order valence-electron chi connectivity index (χ0n) is 17.4. The number of fused-ring (bicyclic) bond motifs is 1. The van der Waals surface area contributed by atoms with Crippen molar-refractivity contribution in [2.45, 2.75) is 33.8 Å². The van der Waals surface area contributed by atoms with Gasteiger partial charge in [-0.1, -0.05) is 35.6 Å². The number of aryl methyl sites for hydroxylation is 1. The van der Waals surface area contributed by atoms with E-state index < -0.39 is 6.10 Å². The molecule has 0 fully saturated rings. The molecule has 0 saturated heterocycles. The third-order valence-corrected chi connectivity index (χ3v) is 6.23. The maximum absolute atomic E-state index is 12.8. The van der Waals surface area contributed by atoms with Crippen molar-refractivity contribution in [3.8, 4) is 16.3 Å². The number of hydrogen-bond acceptors (Lipinski definition) is 5. The van der Waals surface area contributed by atoms with Crippen LogP contribution in [-0.4, -0.2) is 22.0 Å². The molecule has 6 heteroatoms. The van der Waals surface area contributed by atoms with Crippen LogP contribution in [0.5, 0.6) is 5.75 Å². The molecule has 0 radical (unpaired) electrons. The van der Waals surface area contributed by atoms with Gasteiger partial charge in [0, 0.05) is 17.4 Å². The summed E-state index contributed by atoms with van der Waals surface area (Å²) in [5.41, 5.74) is 5.75. The molecule has 1 unspecified atom stereocenters. The number of thiazole rings is 1. The van der Waals surface area contributed by atoms with Crippen molar-refractivity contribution in [1.82, 2.24) is 9.97 Å². The van der Waals surface area contributed by atoms with Crippen LogP contribution in [-0.2, 0) is 4.79 Å². The third kappa shape index (κ3) is 3.91. The van der Waals surface area contributed by atoms with E-state index >= 15 is 0 Å². The Labute approximate surface area is 179 Å². The van der Waals surface area contributed by atoms with Gasteiger partial charge in [0.15, 0.2) is 6.10 Å². The molecule has 1 atom stereocenters. The Morgan fingerprint density at radius 1 is 1.03 bits per heavy atom. The summed E-state index contributed by atoms with van der Waals surface area (Å²) in [6.45, 7) is 7.77. The van der Waals surface area contributed by atoms with Crippen molar-refractivity contribution in [2.24, 2.45) is 0 Å². The highest BCUT2D eigenvalue weighted by molar-refractivity contribution is 7.21. The molecule has 5 nitrogen and oxygen atoms in total. The molecule has 152 valence electrons. The summed E-state index contributed by atoms with van der Waals surface area (Å²) < 4.78 is 5.92. The molecule has 0 aliphatic heterocycles. The van der Waals surface area contributed by atoms with Crippen LogP contribution >= 0.6 is 11.3 Å². The SMILES string of the molecule is Cc1cccc(OC(C)C(=O)Nc2cccc(-c3nc4cccnc4s3)c2C)c1C. The maximum atomic E-state index is 12.8. The largest absolute Gasteiger partial charge is 0.481 e. The van der Waals surface area contributed by atoms with Crippen molar-refractivity contribution in [1.29, 1.82) is 0 Å². The Morgan fingerprint density at radius 2 is 1.83 bits per heavy atom. The number of anilines is 1. The average Bonchev–Trinajstić information content (AvgIpc) is 3.16. The number of nitrogens with zero attached hydrogens (tertiary/aromatic N) is 2. The second kappa shape index (κ2) is 8.24. The highest BCUT2D eigenvalue weighted by Crippen LogP contribution is 2.33. The first-order valence-electron chi connectivity index (χ1n) is 9.79. The molecule has 1 amide bonds. The summed E-state index contributed by atoms with van der Waals surface area (Å²) in [7, 11) is 0. The fourth-order valence-corrected chi connectivity index (χ4v) is 4.21. The van der Waals surface area contributed by atoms with Gasteiger partial charge in [0.2, 0.25) is 0 Å². The number of benzene rings is 2. The number of nitrogens with one attached hydrogen (secondary N) is 1.